The number of nitrogen functional groups attached to an aromatic ring is 1. The molecule has 1 aromatic rings. The minimum absolute atomic E-state index is 0.535. The molecule has 1 unspecified atom stereocenters. The molecule has 0 spiro atoms. The molecule has 94 valence electrons. The van der Waals surface area contributed by atoms with Crippen molar-refractivity contribution in [2.45, 2.75) is 6.04 Å². The number of rotatable bonds is 3. The highest BCUT2D eigenvalue weighted by molar-refractivity contribution is 5.43. The third-order valence-electron chi connectivity index (χ3n) is 3.29. The summed E-state index contributed by atoms with van der Waals surface area (Å²) in [5.74, 6) is 0.890. The van der Waals surface area contributed by atoms with Crippen molar-refractivity contribution in [3.63, 3.8) is 0 Å². The molecule has 0 aromatic carbocycles. The Morgan fingerprint density at radius 2 is 2.24 bits per heavy atom. The fraction of sp³-hybridized carbons (Fsp3) is 0.583. The number of aromatic nitrogens is 1. The van der Waals surface area contributed by atoms with Crippen LogP contribution in [0.3, 0.4) is 0 Å². The van der Waals surface area contributed by atoms with Gasteiger partial charge in [0.25, 0.3) is 0 Å². The monoisotopic (exact) mass is 235 g/mol. The summed E-state index contributed by atoms with van der Waals surface area (Å²) in [5.41, 5.74) is 6.30. The first kappa shape index (κ1) is 12.1. The van der Waals surface area contributed by atoms with E-state index in [1.165, 1.54) is 0 Å². The molecule has 2 heterocycles. The Labute approximate surface area is 103 Å². The van der Waals surface area contributed by atoms with Gasteiger partial charge in [-0.1, -0.05) is 0 Å². The van der Waals surface area contributed by atoms with Gasteiger partial charge in [-0.2, -0.15) is 0 Å². The third kappa shape index (κ3) is 3.31. The van der Waals surface area contributed by atoms with Gasteiger partial charge in [0.05, 0.1) is 11.9 Å². The van der Waals surface area contributed by atoms with Gasteiger partial charge < -0.3 is 16.0 Å². The highest BCUT2D eigenvalue weighted by Gasteiger charge is 2.21. The molecule has 17 heavy (non-hydrogen) atoms. The Morgan fingerprint density at radius 1 is 1.41 bits per heavy atom. The molecule has 1 atom stereocenters. The standard InChI is InChI=1S/C12H21N5/c1-16-5-6-17(2)11(9-16)8-15-12-4-3-10(13)7-14-12/h3-4,7,11H,5-6,8-9,13H2,1-2H3,(H,14,15). The first-order chi connectivity index (χ1) is 8.15. The van der Waals surface area contributed by atoms with E-state index in [2.05, 4.69) is 34.2 Å². The van der Waals surface area contributed by atoms with E-state index in [1.807, 2.05) is 12.1 Å². The summed E-state index contributed by atoms with van der Waals surface area (Å²) >= 11 is 0. The number of anilines is 2. The van der Waals surface area contributed by atoms with Crippen LogP contribution in [-0.2, 0) is 0 Å². The molecule has 0 radical (unpaired) electrons. The number of nitrogens with zero attached hydrogens (tertiary/aromatic N) is 3. The molecule has 1 aliphatic heterocycles. The number of hydrogen-bond acceptors (Lipinski definition) is 5. The van der Waals surface area contributed by atoms with Gasteiger partial charge in [0.1, 0.15) is 5.82 Å². The number of nitrogens with two attached hydrogens (primary N) is 1. The molecular formula is C12H21N5. The number of pyridine rings is 1. The quantitative estimate of drug-likeness (QED) is 0.790. The van der Waals surface area contributed by atoms with E-state index in [0.717, 1.165) is 32.0 Å². The molecule has 3 N–H and O–H groups in total. The van der Waals surface area contributed by atoms with Crippen LogP contribution in [0.25, 0.3) is 0 Å². The van der Waals surface area contributed by atoms with Crippen LogP contribution in [0.15, 0.2) is 18.3 Å². The maximum atomic E-state index is 5.60. The summed E-state index contributed by atoms with van der Waals surface area (Å²) in [6.07, 6.45) is 1.68. The normalized spacial score (nSPS) is 22.6. The van der Waals surface area contributed by atoms with Crippen molar-refractivity contribution >= 4 is 11.5 Å². The fourth-order valence-electron chi connectivity index (χ4n) is 2.05. The first-order valence-corrected chi connectivity index (χ1v) is 5.99. The van der Waals surface area contributed by atoms with Crippen molar-refractivity contribution in [3.05, 3.63) is 18.3 Å². The predicted octanol–water partition coefficient (Wildman–Crippen LogP) is 0.322. The topological polar surface area (TPSA) is 57.4 Å². The molecule has 0 bridgehead atoms. The van der Waals surface area contributed by atoms with Crippen molar-refractivity contribution in [2.24, 2.45) is 0 Å². The van der Waals surface area contributed by atoms with E-state index < -0.39 is 0 Å². The van der Waals surface area contributed by atoms with Crippen molar-refractivity contribution in [3.8, 4) is 0 Å². The molecule has 1 fully saturated rings. The number of hydrogen-bond donors (Lipinski definition) is 2. The van der Waals surface area contributed by atoms with Gasteiger partial charge in [-0.25, -0.2) is 4.98 Å². The Balaban J connectivity index is 1.86. The van der Waals surface area contributed by atoms with Gasteiger partial charge >= 0.3 is 0 Å². The van der Waals surface area contributed by atoms with Gasteiger partial charge in [-0.3, -0.25) is 4.90 Å². The minimum Gasteiger partial charge on any atom is -0.397 e. The SMILES string of the molecule is CN1CCN(C)C(CNc2ccc(N)cn2)C1. The molecule has 2 rings (SSSR count). The maximum Gasteiger partial charge on any atom is 0.126 e. The van der Waals surface area contributed by atoms with Crippen LogP contribution >= 0.6 is 0 Å². The minimum atomic E-state index is 0.535. The second kappa shape index (κ2) is 5.33. The summed E-state index contributed by atoms with van der Waals surface area (Å²) in [4.78, 5) is 9.00. The Hall–Kier alpha value is -1.33. The van der Waals surface area contributed by atoms with E-state index in [-0.39, 0.29) is 0 Å². The second-order valence-corrected chi connectivity index (χ2v) is 4.75. The highest BCUT2D eigenvalue weighted by atomic mass is 15.3. The van der Waals surface area contributed by atoms with E-state index in [1.54, 1.807) is 6.20 Å². The molecule has 0 amide bonds. The zero-order valence-electron chi connectivity index (χ0n) is 10.6. The van der Waals surface area contributed by atoms with Crippen LogP contribution in [0, 0.1) is 0 Å². The predicted molar refractivity (Wildman–Crippen MR) is 71.1 cm³/mol. The summed E-state index contributed by atoms with van der Waals surface area (Å²) in [6.45, 7) is 4.28. The Kier molecular flexibility index (Phi) is 3.81. The van der Waals surface area contributed by atoms with E-state index >= 15 is 0 Å². The van der Waals surface area contributed by atoms with Crippen LogP contribution in [0.2, 0.25) is 0 Å². The largest absolute Gasteiger partial charge is 0.397 e. The number of nitrogens with one attached hydrogen (secondary N) is 1. The second-order valence-electron chi connectivity index (χ2n) is 4.75. The lowest BCUT2D eigenvalue weighted by Crippen LogP contribution is -2.52. The van der Waals surface area contributed by atoms with Crippen molar-refractivity contribution in [2.75, 3.05) is 51.3 Å². The average Bonchev–Trinajstić information content (AvgIpc) is 2.32. The van der Waals surface area contributed by atoms with E-state index in [0.29, 0.717) is 11.7 Å². The molecule has 5 nitrogen and oxygen atoms in total. The van der Waals surface area contributed by atoms with Gasteiger partial charge in [0.2, 0.25) is 0 Å². The van der Waals surface area contributed by atoms with Crippen molar-refractivity contribution in [1.29, 1.82) is 0 Å². The first-order valence-electron chi connectivity index (χ1n) is 5.99. The molecule has 1 aliphatic rings. The summed E-state index contributed by atoms with van der Waals surface area (Å²) < 4.78 is 0. The Bertz CT molecular complexity index is 350. The Morgan fingerprint density at radius 3 is 2.94 bits per heavy atom. The average molecular weight is 235 g/mol. The van der Waals surface area contributed by atoms with Gasteiger partial charge in [0, 0.05) is 32.2 Å². The van der Waals surface area contributed by atoms with Crippen LogP contribution in [0.5, 0.6) is 0 Å². The molecule has 1 saturated heterocycles. The lowest BCUT2D eigenvalue weighted by atomic mass is 10.2. The zero-order valence-corrected chi connectivity index (χ0v) is 10.6. The summed E-state index contributed by atoms with van der Waals surface area (Å²) in [7, 11) is 4.34. The molecule has 1 aromatic heterocycles. The maximum absolute atomic E-state index is 5.60. The zero-order chi connectivity index (χ0) is 12.3. The van der Waals surface area contributed by atoms with Crippen LogP contribution in [0.4, 0.5) is 11.5 Å². The lowest BCUT2D eigenvalue weighted by Gasteiger charge is -2.37. The van der Waals surface area contributed by atoms with Crippen molar-refractivity contribution < 1.29 is 0 Å². The molecular weight excluding hydrogens is 214 g/mol. The number of piperazine rings is 1. The van der Waals surface area contributed by atoms with Gasteiger partial charge in [-0.15, -0.1) is 0 Å². The summed E-state index contributed by atoms with van der Waals surface area (Å²) in [6, 6.07) is 4.32. The number of likely N-dealkylation sites (N-methyl/N-ethyl adjacent to an activating group) is 2. The molecule has 0 saturated carbocycles. The van der Waals surface area contributed by atoms with Gasteiger partial charge in [0.15, 0.2) is 0 Å². The molecule has 0 aliphatic carbocycles. The van der Waals surface area contributed by atoms with E-state index in [9.17, 15) is 0 Å². The van der Waals surface area contributed by atoms with Crippen LogP contribution in [-0.4, -0.2) is 61.1 Å². The van der Waals surface area contributed by atoms with Crippen molar-refractivity contribution in [1.82, 2.24) is 14.8 Å². The smallest absolute Gasteiger partial charge is 0.126 e. The van der Waals surface area contributed by atoms with Crippen LogP contribution < -0.4 is 11.1 Å². The highest BCUT2D eigenvalue weighted by Crippen LogP contribution is 2.09. The van der Waals surface area contributed by atoms with Crippen LogP contribution in [0.1, 0.15) is 0 Å². The lowest BCUT2D eigenvalue weighted by molar-refractivity contribution is 0.122. The third-order valence-corrected chi connectivity index (χ3v) is 3.29. The fourth-order valence-corrected chi connectivity index (χ4v) is 2.05. The van der Waals surface area contributed by atoms with Gasteiger partial charge in [-0.05, 0) is 26.2 Å². The summed E-state index contributed by atoms with van der Waals surface area (Å²) in [5, 5.41) is 3.36. The molecule has 5 heteroatoms. The van der Waals surface area contributed by atoms with E-state index in [4.69, 9.17) is 5.73 Å².